The van der Waals surface area contributed by atoms with Gasteiger partial charge in [-0.05, 0) is 51.5 Å². The van der Waals surface area contributed by atoms with E-state index < -0.39 is 0 Å². The number of piperidine rings is 1. The van der Waals surface area contributed by atoms with Crippen LogP contribution < -0.4 is 5.32 Å². The summed E-state index contributed by atoms with van der Waals surface area (Å²) < 4.78 is 10.5. The van der Waals surface area contributed by atoms with Crippen LogP contribution in [-0.4, -0.2) is 56.5 Å². The molecule has 2 fully saturated rings. The van der Waals surface area contributed by atoms with Crippen LogP contribution in [0.2, 0.25) is 0 Å². The van der Waals surface area contributed by atoms with E-state index >= 15 is 0 Å². The average molecular weight is 284 g/mol. The quantitative estimate of drug-likeness (QED) is 0.839. The molecule has 0 bridgehead atoms. The molecule has 1 amide bonds. The zero-order valence-electron chi connectivity index (χ0n) is 12.8. The van der Waals surface area contributed by atoms with E-state index in [1.165, 1.54) is 26.4 Å². The number of carbonyl (C=O) groups is 1. The van der Waals surface area contributed by atoms with Crippen LogP contribution >= 0.6 is 0 Å². The lowest BCUT2D eigenvalue weighted by atomic mass is 9.91. The second-order valence-electron chi connectivity index (χ2n) is 5.98. The van der Waals surface area contributed by atoms with Gasteiger partial charge in [-0.2, -0.15) is 0 Å². The molecule has 0 aromatic carbocycles. The van der Waals surface area contributed by atoms with Gasteiger partial charge in [0.15, 0.2) is 0 Å². The number of nitrogens with zero attached hydrogens (tertiary/aromatic N) is 1. The Hall–Kier alpha value is -0.810. The summed E-state index contributed by atoms with van der Waals surface area (Å²) in [6.07, 6.45) is 6.01. The van der Waals surface area contributed by atoms with Crippen LogP contribution in [0.25, 0.3) is 0 Å². The second-order valence-corrected chi connectivity index (χ2v) is 5.98. The second kappa shape index (κ2) is 7.84. The predicted octanol–water partition coefficient (Wildman–Crippen LogP) is 2.01. The topological polar surface area (TPSA) is 50.8 Å². The van der Waals surface area contributed by atoms with E-state index in [1.807, 2.05) is 4.90 Å². The van der Waals surface area contributed by atoms with Gasteiger partial charge in [-0.15, -0.1) is 0 Å². The maximum absolute atomic E-state index is 11.6. The summed E-state index contributed by atoms with van der Waals surface area (Å²) in [4.78, 5) is 13.4. The molecule has 0 aromatic rings. The number of methoxy groups -OCH3 is 1. The van der Waals surface area contributed by atoms with E-state index in [0.717, 1.165) is 39.1 Å². The molecule has 0 saturated carbocycles. The van der Waals surface area contributed by atoms with E-state index in [9.17, 15) is 4.79 Å². The average Bonchev–Trinajstić information content (AvgIpc) is 2.99. The predicted molar refractivity (Wildman–Crippen MR) is 77.8 cm³/mol. The first-order valence-corrected chi connectivity index (χ1v) is 7.88. The summed E-state index contributed by atoms with van der Waals surface area (Å²) in [6.45, 7) is 5.78. The lowest BCUT2D eigenvalue weighted by Gasteiger charge is -2.35. The molecule has 0 aliphatic carbocycles. The molecular formula is C15H28N2O3. The van der Waals surface area contributed by atoms with E-state index in [-0.39, 0.29) is 6.09 Å². The smallest absolute Gasteiger partial charge is 0.409 e. The Balaban J connectivity index is 1.68. The maximum atomic E-state index is 11.6. The van der Waals surface area contributed by atoms with Crippen molar-refractivity contribution < 1.29 is 14.3 Å². The monoisotopic (exact) mass is 284 g/mol. The van der Waals surface area contributed by atoms with Crippen LogP contribution in [0.1, 0.15) is 39.0 Å². The summed E-state index contributed by atoms with van der Waals surface area (Å²) in [7, 11) is 1.45. The molecule has 0 unspecified atom stereocenters. The van der Waals surface area contributed by atoms with Crippen molar-refractivity contribution in [3.63, 3.8) is 0 Å². The third-order valence-corrected chi connectivity index (χ3v) is 4.55. The number of hydrogen-bond acceptors (Lipinski definition) is 4. The molecule has 20 heavy (non-hydrogen) atoms. The number of amides is 1. The van der Waals surface area contributed by atoms with Gasteiger partial charge in [0.25, 0.3) is 0 Å². The third-order valence-electron chi connectivity index (χ3n) is 4.55. The molecule has 0 aromatic heterocycles. The van der Waals surface area contributed by atoms with Crippen LogP contribution in [-0.2, 0) is 9.47 Å². The molecule has 5 heteroatoms. The first kappa shape index (κ1) is 15.6. The van der Waals surface area contributed by atoms with Gasteiger partial charge in [0.1, 0.15) is 0 Å². The Kier molecular flexibility index (Phi) is 6.10. The van der Waals surface area contributed by atoms with Gasteiger partial charge in [-0.3, -0.25) is 0 Å². The van der Waals surface area contributed by atoms with Crippen LogP contribution in [0.3, 0.4) is 0 Å². The van der Waals surface area contributed by atoms with Gasteiger partial charge >= 0.3 is 6.09 Å². The largest absolute Gasteiger partial charge is 0.453 e. The number of rotatable bonds is 5. The first-order chi connectivity index (χ1) is 9.70. The number of carbonyl (C=O) groups excluding carboxylic acids is 1. The van der Waals surface area contributed by atoms with Crippen molar-refractivity contribution in [1.29, 1.82) is 0 Å². The Morgan fingerprint density at radius 2 is 2.30 bits per heavy atom. The molecular weight excluding hydrogens is 256 g/mol. The number of ether oxygens (including phenoxy) is 2. The van der Waals surface area contributed by atoms with Crippen LogP contribution in [0.4, 0.5) is 4.79 Å². The van der Waals surface area contributed by atoms with Gasteiger partial charge in [-0.25, -0.2) is 4.79 Å². The van der Waals surface area contributed by atoms with Crippen molar-refractivity contribution in [3.05, 3.63) is 0 Å². The maximum Gasteiger partial charge on any atom is 0.409 e. The van der Waals surface area contributed by atoms with Gasteiger partial charge in [0.05, 0.1) is 13.2 Å². The lowest BCUT2D eigenvalue weighted by molar-refractivity contribution is 0.0918. The molecule has 2 saturated heterocycles. The molecule has 0 radical (unpaired) electrons. The van der Waals surface area contributed by atoms with E-state index in [4.69, 9.17) is 9.47 Å². The highest BCUT2D eigenvalue weighted by molar-refractivity contribution is 5.67. The molecule has 1 N–H and O–H groups in total. The van der Waals surface area contributed by atoms with Crippen molar-refractivity contribution in [2.45, 2.75) is 51.2 Å². The van der Waals surface area contributed by atoms with Crippen molar-refractivity contribution >= 4 is 6.09 Å². The van der Waals surface area contributed by atoms with Crippen molar-refractivity contribution in [1.82, 2.24) is 10.2 Å². The van der Waals surface area contributed by atoms with Crippen LogP contribution in [0.5, 0.6) is 0 Å². The van der Waals surface area contributed by atoms with E-state index in [2.05, 4.69) is 12.2 Å². The summed E-state index contributed by atoms with van der Waals surface area (Å²) in [5.74, 6) is 0.521. The molecule has 5 nitrogen and oxygen atoms in total. The molecule has 2 aliphatic heterocycles. The Bertz CT molecular complexity index is 305. The summed E-state index contributed by atoms with van der Waals surface area (Å²) in [5.41, 5.74) is 0. The zero-order chi connectivity index (χ0) is 14.4. The summed E-state index contributed by atoms with van der Waals surface area (Å²) >= 11 is 0. The normalized spacial score (nSPS) is 28.4. The fraction of sp³-hybridized carbons (Fsp3) is 0.933. The fourth-order valence-electron chi connectivity index (χ4n) is 3.22. The number of hydrogen-bond donors (Lipinski definition) is 1. The molecule has 2 aliphatic rings. The minimum absolute atomic E-state index is 0.193. The van der Waals surface area contributed by atoms with Crippen LogP contribution in [0.15, 0.2) is 0 Å². The van der Waals surface area contributed by atoms with Crippen molar-refractivity contribution in [2.75, 3.05) is 33.4 Å². The van der Waals surface area contributed by atoms with Gasteiger partial charge in [-0.1, -0.05) is 0 Å². The van der Waals surface area contributed by atoms with Gasteiger partial charge in [0, 0.05) is 25.7 Å². The van der Waals surface area contributed by atoms with Crippen molar-refractivity contribution in [2.24, 2.45) is 5.92 Å². The number of nitrogens with one attached hydrogen (secondary N) is 1. The summed E-state index contributed by atoms with van der Waals surface area (Å²) in [5, 5.41) is 3.60. The molecule has 2 heterocycles. The summed E-state index contributed by atoms with van der Waals surface area (Å²) in [6, 6.07) is 0.434. The van der Waals surface area contributed by atoms with Gasteiger partial charge < -0.3 is 19.7 Å². The Morgan fingerprint density at radius 1 is 1.45 bits per heavy atom. The molecule has 0 spiro atoms. The van der Waals surface area contributed by atoms with Gasteiger partial charge in [0.2, 0.25) is 0 Å². The molecule has 2 rings (SSSR count). The standard InChI is InChI=1S/C15H28N2O3/c1-12(16-8-7-14-6-4-10-20-14)13-5-3-9-17(11-13)15(18)19-2/h12-14,16H,3-11H2,1-2H3/t12-,13-,14+/m0/s1. The Labute approximate surface area is 122 Å². The number of likely N-dealkylation sites (tertiary alicyclic amines) is 1. The van der Waals surface area contributed by atoms with Crippen molar-refractivity contribution in [3.8, 4) is 0 Å². The SMILES string of the molecule is COC(=O)N1CCC[C@H]([C@H](C)NCC[C@H]2CCCO2)C1. The van der Waals surface area contributed by atoms with Crippen LogP contribution in [0, 0.1) is 5.92 Å². The van der Waals surface area contributed by atoms with E-state index in [1.54, 1.807) is 0 Å². The Morgan fingerprint density at radius 3 is 3.00 bits per heavy atom. The van der Waals surface area contributed by atoms with E-state index in [0.29, 0.717) is 18.1 Å². The fourth-order valence-corrected chi connectivity index (χ4v) is 3.22. The highest BCUT2D eigenvalue weighted by atomic mass is 16.5. The highest BCUT2D eigenvalue weighted by Crippen LogP contribution is 2.21. The third kappa shape index (κ3) is 4.35. The zero-order valence-corrected chi connectivity index (χ0v) is 12.8. The first-order valence-electron chi connectivity index (χ1n) is 7.88. The molecule has 116 valence electrons. The lowest BCUT2D eigenvalue weighted by Crippen LogP contribution is -2.46. The highest BCUT2D eigenvalue weighted by Gasteiger charge is 2.27. The molecule has 3 atom stereocenters. The minimum Gasteiger partial charge on any atom is -0.453 e. The minimum atomic E-state index is -0.193.